The van der Waals surface area contributed by atoms with E-state index in [1.807, 2.05) is 30.3 Å². The molecule has 1 unspecified atom stereocenters. The Morgan fingerprint density at radius 1 is 1.16 bits per heavy atom. The van der Waals surface area contributed by atoms with Gasteiger partial charge in [0.25, 0.3) is 0 Å². The average molecular weight is 256 g/mol. The summed E-state index contributed by atoms with van der Waals surface area (Å²) in [6, 6.07) is 12.4. The van der Waals surface area contributed by atoms with Crippen LogP contribution in [0.4, 0.5) is 4.39 Å². The van der Waals surface area contributed by atoms with Gasteiger partial charge in [0.1, 0.15) is 11.9 Å². The molecule has 0 radical (unpaired) electrons. The van der Waals surface area contributed by atoms with Crippen molar-refractivity contribution in [3.8, 4) is 0 Å². The van der Waals surface area contributed by atoms with E-state index in [0.717, 1.165) is 11.1 Å². The number of aryl methyl sites for hydroxylation is 1. The molecule has 0 fully saturated rings. The van der Waals surface area contributed by atoms with Gasteiger partial charge in [0, 0.05) is 12.0 Å². The lowest BCUT2D eigenvalue weighted by atomic mass is 9.92. The maximum atomic E-state index is 13.9. The Hall–Kier alpha value is -2.16. The van der Waals surface area contributed by atoms with Crippen molar-refractivity contribution < 1.29 is 13.9 Å². The molecule has 3 rings (SSSR count). The smallest absolute Gasteiger partial charge is 0.339 e. The number of benzene rings is 2. The molecule has 1 heterocycles. The molecule has 0 aliphatic carbocycles. The highest BCUT2D eigenvalue weighted by Crippen LogP contribution is 2.33. The van der Waals surface area contributed by atoms with E-state index in [9.17, 15) is 9.18 Å². The second-order valence-electron chi connectivity index (χ2n) is 4.73. The molecular weight excluding hydrogens is 243 g/mol. The first-order chi connectivity index (χ1) is 9.16. The molecule has 0 bridgehead atoms. The minimum absolute atomic E-state index is 0.335. The monoisotopic (exact) mass is 256 g/mol. The van der Waals surface area contributed by atoms with Gasteiger partial charge < -0.3 is 4.74 Å². The van der Waals surface area contributed by atoms with Gasteiger partial charge in [0.2, 0.25) is 0 Å². The van der Waals surface area contributed by atoms with Crippen LogP contribution in [-0.2, 0) is 11.2 Å². The molecule has 1 aliphatic heterocycles. The van der Waals surface area contributed by atoms with Crippen molar-refractivity contribution in [3.63, 3.8) is 0 Å². The van der Waals surface area contributed by atoms with Crippen LogP contribution in [0.15, 0.2) is 42.5 Å². The van der Waals surface area contributed by atoms with Crippen molar-refractivity contribution in [2.75, 3.05) is 0 Å². The van der Waals surface area contributed by atoms with Gasteiger partial charge >= 0.3 is 5.97 Å². The van der Waals surface area contributed by atoms with E-state index in [-0.39, 0.29) is 5.82 Å². The van der Waals surface area contributed by atoms with Gasteiger partial charge in [-0.3, -0.25) is 0 Å². The van der Waals surface area contributed by atoms with E-state index >= 15 is 0 Å². The molecule has 0 saturated carbocycles. The van der Waals surface area contributed by atoms with Crippen LogP contribution in [0.25, 0.3) is 0 Å². The summed E-state index contributed by atoms with van der Waals surface area (Å²) in [5, 5.41) is 0. The Labute approximate surface area is 110 Å². The van der Waals surface area contributed by atoms with E-state index in [1.165, 1.54) is 6.07 Å². The van der Waals surface area contributed by atoms with Crippen LogP contribution < -0.4 is 0 Å². The second-order valence-corrected chi connectivity index (χ2v) is 4.73. The highest BCUT2D eigenvalue weighted by Gasteiger charge is 2.30. The molecule has 19 heavy (non-hydrogen) atoms. The van der Waals surface area contributed by atoms with Crippen LogP contribution in [0.1, 0.15) is 33.2 Å². The number of esters is 1. The highest BCUT2D eigenvalue weighted by atomic mass is 19.1. The van der Waals surface area contributed by atoms with Crippen molar-refractivity contribution >= 4 is 5.97 Å². The van der Waals surface area contributed by atoms with Gasteiger partial charge in [-0.1, -0.05) is 36.4 Å². The first-order valence-corrected chi connectivity index (χ1v) is 6.20. The first kappa shape index (κ1) is 11.9. The average Bonchev–Trinajstić information content (AvgIpc) is 2.43. The van der Waals surface area contributed by atoms with Gasteiger partial charge in [0.05, 0.1) is 5.56 Å². The fraction of sp³-hybridized carbons (Fsp3) is 0.188. The maximum absolute atomic E-state index is 13.9. The quantitative estimate of drug-likeness (QED) is 0.729. The first-order valence-electron chi connectivity index (χ1n) is 6.20. The van der Waals surface area contributed by atoms with Crippen LogP contribution in [0.2, 0.25) is 0 Å². The zero-order valence-corrected chi connectivity index (χ0v) is 10.5. The molecular formula is C16H13FO2. The summed E-state index contributed by atoms with van der Waals surface area (Å²) >= 11 is 0. The Kier molecular flexibility index (Phi) is 2.82. The second kappa shape index (κ2) is 4.50. The van der Waals surface area contributed by atoms with Crippen molar-refractivity contribution in [2.24, 2.45) is 0 Å². The lowest BCUT2D eigenvalue weighted by molar-refractivity contribution is 0.0247. The Balaban J connectivity index is 2.05. The van der Waals surface area contributed by atoms with Crippen LogP contribution in [-0.4, -0.2) is 5.97 Å². The predicted molar refractivity (Wildman–Crippen MR) is 69.4 cm³/mol. The van der Waals surface area contributed by atoms with Gasteiger partial charge in [-0.15, -0.1) is 0 Å². The van der Waals surface area contributed by atoms with E-state index in [1.54, 1.807) is 13.0 Å². The normalized spacial score (nSPS) is 17.8. The summed E-state index contributed by atoms with van der Waals surface area (Å²) in [6.07, 6.45) is -0.0176. The number of halogens is 1. The number of cyclic esters (lactones) is 1. The Morgan fingerprint density at radius 2 is 1.89 bits per heavy atom. The molecule has 0 N–H and O–H groups in total. The van der Waals surface area contributed by atoms with Crippen molar-refractivity contribution in [1.29, 1.82) is 0 Å². The topological polar surface area (TPSA) is 26.3 Å². The zero-order chi connectivity index (χ0) is 13.4. The minimum atomic E-state index is -0.438. The van der Waals surface area contributed by atoms with E-state index in [0.29, 0.717) is 17.5 Å². The summed E-state index contributed by atoms with van der Waals surface area (Å²) in [4.78, 5) is 12.1. The van der Waals surface area contributed by atoms with Crippen molar-refractivity contribution in [3.05, 3.63) is 70.5 Å². The third kappa shape index (κ3) is 2.01. The summed E-state index contributed by atoms with van der Waals surface area (Å²) in [6.45, 7) is 1.79. The number of hydrogen-bond donors (Lipinski definition) is 0. The van der Waals surface area contributed by atoms with Crippen molar-refractivity contribution in [1.82, 2.24) is 0 Å². The third-order valence-electron chi connectivity index (χ3n) is 3.48. The summed E-state index contributed by atoms with van der Waals surface area (Å²) < 4.78 is 19.3. The van der Waals surface area contributed by atoms with E-state index < -0.39 is 12.1 Å². The van der Waals surface area contributed by atoms with Crippen LogP contribution in [0, 0.1) is 12.7 Å². The zero-order valence-electron chi connectivity index (χ0n) is 10.5. The van der Waals surface area contributed by atoms with Gasteiger partial charge in [-0.25, -0.2) is 9.18 Å². The maximum Gasteiger partial charge on any atom is 0.339 e. The third-order valence-corrected chi connectivity index (χ3v) is 3.48. The molecule has 96 valence electrons. The van der Waals surface area contributed by atoms with Crippen LogP contribution in [0.3, 0.4) is 0 Å². The number of carbonyl (C=O) groups excluding carboxylic acids is 1. The number of carbonyl (C=O) groups is 1. The van der Waals surface area contributed by atoms with Gasteiger partial charge in [-0.2, -0.15) is 0 Å². The SMILES string of the molecule is Cc1ccc(F)c2c1C(=O)OC(c1ccccc1)C2. The molecule has 0 amide bonds. The summed E-state index contributed by atoms with van der Waals surface area (Å²) in [5.74, 6) is -0.773. The molecule has 1 aliphatic rings. The largest absolute Gasteiger partial charge is 0.454 e. The summed E-state index contributed by atoms with van der Waals surface area (Å²) in [5.41, 5.74) is 2.49. The predicted octanol–water partition coefficient (Wildman–Crippen LogP) is 3.59. The van der Waals surface area contributed by atoms with Crippen LogP contribution >= 0.6 is 0 Å². The molecule has 2 aromatic rings. The van der Waals surface area contributed by atoms with E-state index in [2.05, 4.69) is 0 Å². The van der Waals surface area contributed by atoms with Gasteiger partial charge in [0.15, 0.2) is 0 Å². The van der Waals surface area contributed by atoms with Gasteiger partial charge in [-0.05, 0) is 24.1 Å². The fourth-order valence-corrected chi connectivity index (χ4v) is 2.49. The number of ether oxygens (including phenoxy) is 1. The molecule has 2 aromatic carbocycles. The number of rotatable bonds is 1. The molecule has 0 spiro atoms. The Morgan fingerprint density at radius 3 is 2.63 bits per heavy atom. The molecule has 3 heteroatoms. The molecule has 0 saturated heterocycles. The molecule has 1 atom stereocenters. The number of fused-ring (bicyclic) bond motifs is 1. The summed E-state index contributed by atoms with van der Waals surface area (Å²) in [7, 11) is 0. The number of hydrogen-bond acceptors (Lipinski definition) is 2. The lowest BCUT2D eigenvalue weighted by Gasteiger charge is -2.26. The molecule has 0 aromatic heterocycles. The molecule has 2 nitrogen and oxygen atoms in total. The van der Waals surface area contributed by atoms with Crippen LogP contribution in [0.5, 0.6) is 0 Å². The Bertz CT molecular complexity index is 635. The van der Waals surface area contributed by atoms with Crippen molar-refractivity contribution in [2.45, 2.75) is 19.4 Å². The minimum Gasteiger partial charge on any atom is -0.454 e. The lowest BCUT2D eigenvalue weighted by Crippen LogP contribution is -2.24. The fourth-order valence-electron chi connectivity index (χ4n) is 2.49. The highest BCUT2D eigenvalue weighted by molar-refractivity contribution is 5.94. The van der Waals surface area contributed by atoms with E-state index in [4.69, 9.17) is 4.74 Å². The standard InChI is InChI=1S/C16H13FO2/c1-10-7-8-13(17)12-9-14(19-16(18)15(10)12)11-5-3-2-4-6-11/h2-8,14H,9H2,1H3.